The van der Waals surface area contributed by atoms with E-state index in [1.54, 1.807) is 12.1 Å². The number of aromatic hydroxyl groups is 1. The highest BCUT2D eigenvalue weighted by Gasteiger charge is 2.20. The van der Waals surface area contributed by atoms with Gasteiger partial charge >= 0.3 is 0 Å². The van der Waals surface area contributed by atoms with Crippen molar-refractivity contribution in [3.63, 3.8) is 0 Å². The Morgan fingerprint density at radius 3 is 3.12 bits per heavy atom. The van der Waals surface area contributed by atoms with Gasteiger partial charge in [0.2, 0.25) is 0 Å². The number of nitrogens with two attached hydrogens (primary N) is 1. The minimum Gasteiger partial charge on any atom is -0.508 e. The van der Waals surface area contributed by atoms with Crippen LogP contribution in [0, 0.1) is 0 Å². The van der Waals surface area contributed by atoms with Gasteiger partial charge < -0.3 is 15.4 Å². The van der Waals surface area contributed by atoms with Gasteiger partial charge in [0.25, 0.3) is 0 Å². The van der Waals surface area contributed by atoms with Gasteiger partial charge in [-0.3, -0.25) is 0 Å². The molecule has 1 aromatic carbocycles. The van der Waals surface area contributed by atoms with E-state index >= 15 is 0 Å². The van der Waals surface area contributed by atoms with Crippen LogP contribution in [-0.4, -0.2) is 14.7 Å². The molecule has 0 bridgehead atoms. The molecule has 0 saturated carbocycles. The fourth-order valence-electron chi connectivity index (χ4n) is 2.41. The molecule has 1 aromatic heterocycles. The quantitative estimate of drug-likeness (QED) is 0.786. The number of fused-ring (bicyclic) bond motifs is 1. The Kier molecular flexibility index (Phi) is 2.37. The average molecular weight is 229 g/mol. The molecule has 0 spiro atoms. The summed E-state index contributed by atoms with van der Waals surface area (Å²) in [6, 6.07) is 7.26. The van der Waals surface area contributed by atoms with Crippen LogP contribution in [0.15, 0.2) is 30.5 Å². The van der Waals surface area contributed by atoms with Crippen LogP contribution >= 0.6 is 0 Å². The second-order valence-electron chi connectivity index (χ2n) is 4.46. The number of aromatic nitrogens is 2. The molecule has 17 heavy (non-hydrogen) atoms. The van der Waals surface area contributed by atoms with Crippen LogP contribution in [0.25, 0.3) is 11.4 Å². The van der Waals surface area contributed by atoms with Gasteiger partial charge in [0.1, 0.15) is 11.6 Å². The van der Waals surface area contributed by atoms with E-state index in [2.05, 4.69) is 9.55 Å². The smallest absolute Gasteiger partial charge is 0.140 e. The third-order valence-electron chi connectivity index (χ3n) is 3.27. The van der Waals surface area contributed by atoms with Crippen molar-refractivity contribution in [2.75, 3.05) is 0 Å². The first-order valence-corrected chi connectivity index (χ1v) is 5.86. The van der Waals surface area contributed by atoms with Gasteiger partial charge in [0.05, 0.1) is 11.9 Å². The standard InChI is InChI=1S/C13H15N3O/c14-11-5-2-6-16-12(11)8-15-13(16)9-3-1-4-10(17)7-9/h1,3-4,7-8,11,17H,2,5-6,14H2. The predicted octanol–water partition coefficient (Wildman–Crippen LogP) is 2.05. The van der Waals surface area contributed by atoms with Crippen molar-refractivity contribution >= 4 is 0 Å². The third kappa shape index (κ3) is 1.70. The predicted molar refractivity (Wildman–Crippen MR) is 65.5 cm³/mol. The highest BCUT2D eigenvalue weighted by Crippen LogP contribution is 2.29. The van der Waals surface area contributed by atoms with Crippen molar-refractivity contribution in [3.05, 3.63) is 36.2 Å². The number of hydrogen-bond acceptors (Lipinski definition) is 3. The van der Waals surface area contributed by atoms with Gasteiger partial charge in [-0.1, -0.05) is 12.1 Å². The Balaban J connectivity index is 2.10. The Bertz CT molecular complexity index is 547. The highest BCUT2D eigenvalue weighted by molar-refractivity contribution is 5.58. The van der Waals surface area contributed by atoms with Gasteiger partial charge in [0.15, 0.2) is 0 Å². The van der Waals surface area contributed by atoms with Crippen LogP contribution in [0.4, 0.5) is 0 Å². The number of phenolic OH excluding ortho intramolecular Hbond substituents is 1. The SMILES string of the molecule is NC1CCCn2c1cnc2-c1cccc(O)c1. The molecule has 4 nitrogen and oxygen atoms in total. The Labute approximate surface area is 99.7 Å². The fraction of sp³-hybridized carbons (Fsp3) is 0.308. The van der Waals surface area contributed by atoms with E-state index in [1.807, 2.05) is 18.3 Å². The summed E-state index contributed by atoms with van der Waals surface area (Å²) < 4.78 is 2.16. The monoisotopic (exact) mass is 229 g/mol. The Hall–Kier alpha value is -1.81. The zero-order valence-corrected chi connectivity index (χ0v) is 9.50. The first-order chi connectivity index (χ1) is 8.25. The molecule has 3 rings (SSSR count). The minimum absolute atomic E-state index is 0.0855. The van der Waals surface area contributed by atoms with Gasteiger partial charge in [0, 0.05) is 18.2 Å². The summed E-state index contributed by atoms with van der Waals surface area (Å²) in [5, 5.41) is 9.51. The summed E-state index contributed by atoms with van der Waals surface area (Å²) in [7, 11) is 0. The average Bonchev–Trinajstić information content (AvgIpc) is 2.74. The summed E-state index contributed by atoms with van der Waals surface area (Å²) in [6.45, 7) is 0.952. The molecule has 1 atom stereocenters. The normalized spacial score (nSPS) is 19.0. The van der Waals surface area contributed by atoms with Crippen LogP contribution in [-0.2, 0) is 6.54 Å². The maximum atomic E-state index is 9.51. The van der Waals surface area contributed by atoms with Crippen molar-refractivity contribution in [1.29, 1.82) is 0 Å². The molecule has 0 radical (unpaired) electrons. The maximum Gasteiger partial charge on any atom is 0.140 e. The molecular formula is C13H15N3O. The number of nitrogens with zero attached hydrogens (tertiary/aromatic N) is 2. The van der Waals surface area contributed by atoms with Gasteiger partial charge in [-0.15, -0.1) is 0 Å². The van der Waals surface area contributed by atoms with Crippen LogP contribution in [0.3, 0.4) is 0 Å². The Morgan fingerprint density at radius 2 is 2.29 bits per heavy atom. The summed E-state index contributed by atoms with van der Waals surface area (Å²) in [5.74, 6) is 1.16. The molecular weight excluding hydrogens is 214 g/mol. The molecule has 0 saturated heterocycles. The van der Waals surface area contributed by atoms with E-state index in [-0.39, 0.29) is 11.8 Å². The van der Waals surface area contributed by atoms with Gasteiger partial charge in [-0.2, -0.15) is 0 Å². The van der Waals surface area contributed by atoms with E-state index in [0.717, 1.165) is 36.5 Å². The van der Waals surface area contributed by atoms with Crippen LogP contribution in [0.2, 0.25) is 0 Å². The molecule has 0 aliphatic carbocycles. The number of rotatable bonds is 1. The van der Waals surface area contributed by atoms with Crippen LogP contribution in [0.5, 0.6) is 5.75 Å². The van der Waals surface area contributed by atoms with E-state index < -0.39 is 0 Å². The van der Waals surface area contributed by atoms with E-state index in [0.29, 0.717) is 0 Å². The Morgan fingerprint density at radius 1 is 1.41 bits per heavy atom. The van der Waals surface area contributed by atoms with Crippen molar-refractivity contribution < 1.29 is 5.11 Å². The zero-order chi connectivity index (χ0) is 11.8. The van der Waals surface area contributed by atoms with Crippen LogP contribution in [0.1, 0.15) is 24.6 Å². The molecule has 2 aromatic rings. The molecule has 1 aliphatic heterocycles. The lowest BCUT2D eigenvalue weighted by atomic mass is 10.1. The number of benzene rings is 1. The number of hydrogen-bond donors (Lipinski definition) is 2. The second kappa shape index (κ2) is 3.89. The van der Waals surface area contributed by atoms with Crippen molar-refractivity contribution in [2.24, 2.45) is 5.73 Å². The lowest BCUT2D eigenvalue weighted by Crippen LogP contribution is -2.21. The van der Waals surface area contributed by atoms with E-state index in [4.69, 9.17) is 5.73 Å². The molecule has 2 heterocycles. The first-order valence-electron chi connectivity index (χ1n) is 5.86. The molecule has 0 fully saturated rings. The zero-order valence-electron chi connectivity index (χ0n) is 9.50. The topological polar surface area (TPSA) is 64.1 Å². The lowest BCUT2D eigenvalue weighted by molar-refractivity contribution is 0.465. The summed E-state index contributed by atoms with van der Waals surface area (Å²) in [5.41, 5.74) is 8.09. The number of phenols is 1. The van der Waals surface area contributed by atoms with Gasteiger partial charge in [-0.25, -0.2) is 4.98 Å². The lowest BCUT2D eigenvalue weighted by Gasteiger charge is -2.22. The minimum atomic E-state index is 0.0855. The fourth-order valence-corrected chi connectivity index (χ4v) is 2.41. The van der Waals surface area contributed by atoms with Crippen molar-refractivity contribution in [1.82, 2.24) is 9.55 Å². The summed E-state index contributed by atoms with van der Waals surface area (Å²) >= 11 is 0. The van der Waals surface area contributed by atoms with Crippen molar-refractivity contribution in [3.8, 4) is 17.1 Å². The maximum absolute atomic E-state index is 9.51. The first kappa shape index (κ1) is 10.4. The molecule has 88 valence electrons. The molecule has 4 heteroatoms. The summed E-state index contributed by atoms with van der Waals surface area (Å²) in [6.07, 6.45) is 3.95. The molecule has 1 aliphatic rings. The highest BCUT2D eigenvalue weighted by atomic mass is 16.3. The van der Waals surface area contributed by atoms with Crippen LogP contribution < -0.4 is 5.73 Å². The van der Waals surface area contributed by atoms with Crippen molar-refractivity contribution in [2.45, 2.75) is 25.4 Å². The molecule has 1 unspecified atom stereocenters. The number of imidazole rings is 1. The molecule has 0 amide bonds. The largest absolute Gasteiger partial charge is 0.508 e. The van der Waals surface area contributed by atoms with E-state index in [1.165, 1.54) is 0 Å². The van der Waals surface area contributed by atoms with Gasteiger partial charge in [-0.05, 0) is 25.0 Å². The third-order valence-corrected chi connectivity index (χ3v) is 3.27. The summed E-state index contributed by atoms with van der Waals surface area (Å²) in [4.78, 5) is 4.43. The van der Waals surface area contributed by atoms with E-state index in [9.17, 15) is 5.11 Å². The molecule has 3 N–H and O–H groups in total. The second-order valence-corrected chi connectivity index (χ2v) is 4.46.